The van der Waals surface area contributed by atoms with Crippen LogP contribution in [0.25, 0.3) is 0 Å². The van der Waals surface area contributed by atoms with Crippen LogP contribution in [0.4, 0.5) is 0 Å². The maximum atomic E-state index is 5.56. The molecule has 0 bridgehead atoms. The lowest BCUT2D eigenvalue weighted by molar-refractivity contribution is 0.629. The molecular weight excluding hydrogens is 202 g/mol. The highest BCUT2D eigenvalue weighted by Gasteiger charge is 2.12. The maximum absolute atomic E-state index is 5.56. The third kappa shape index (κ3) is 2.21. The standard InChI is InChI=1S/C11H13N5/c1-8-4-10(6-13-5-8)11(16-12)9-2-3-14-15-7-9/h2-7,11,16H,12H2,1H3. The predicted molar refractivity (Wildman–Crippen MR) is 60.2 cm³/mol. The van der Waals surface area contributed by atoms with Crippen molar-refractivity contribution < 1.29 is 0 Å². The molecule has 0 saturated heterocycles. The highest BCUT2D eigenvalue weighted by Crippen LogP contribution is 2.19. The van der Waals surface area contributed by atoms with Crippen LogP contribution in [0.1, 0.15) is 22.7 Å². The van der Waals surface area contributed by atoms with Crippen molar-refractivity contribution >= 4 is 0 Å². The van der Waals surface area contributed by atoms with E-state index in [1.54, 1.807) is 18.6 Å². The summed E-state index contributed by atoms with van der Waals surface area (Å²) >= 11 is 0. The fourth-order valence-corrected chi connectivity index (χ4v) is 1.59. The van der Waals surface area contributed by atoms with Gasteiger partial charge in [-0.05, 0) is 29.7 Å². The molecule has 0 saturated carbocycles. The van der Waals surface area contributed by atoms with Gasteiger partial charge >= 0.3 is 0 Å². The lowest BCUT2D eigenvalue weighted by Gasteiger charge is -2.15. The van der Waals surface area contributed by atoms with Gasteiger partial charge in [-0.1, -0.05) is 6.07 Å². The van der Waals surface area contributed by atoms with Crippen LogP contribution in [0, 0.1) is 6.92 Å². The molecule has 2 aromatic rings. The van der Waals surface area contributed by atoms with E-state index in [0.29, 0.717) is 0 Å². The number of hydrogen-bond acceptors (Lipinski definition) is 5. The second-order valence-electron chi connectivity index (χ2n) is 3.57. The highest BCUT2D eigenvalue weighted by atomic mass is 15.2. The Morgan fingerprint density at radius 3 is 2.69 bits per heavy atom. The van der Waals surface area contributed by atoms with E-state index in [0.717, 1.165) is 16.7 Å². The summed E-state index contributed by atoms with van der Waals surface area (Å²) in [6.07, 6.45) is 6.93. The molecule has 0 spiro atoms. The van der Waals surface area contributed by atoms with Gasteiger partial charge in [-0.25, -0.2) is 5.43 Å². The minimum Gasteiger partial charge on any atom is -0.271 e. The Morgan fingerprint density at radius 2 is 2.06 bits per heavy atom. The van der Waals surface area contributed by atoms with Gasteiger partial charge in [-0.15, -0.1) is 0 Å². The first-order valence-corrected chi connectivity index (χ1v) is 4.95. The van der Waals surface area contributed by atoms with E-state index in [1.165, 1.54) is 0 Å². The summed E-state index contributed by atoms with van der Waals surface area (Å²) < 4.78 is 0. The Kier molecular flexibility index (Phi) is 3.19. The molecule has 5 nitrogen and oxygen atoms in total. The van der Waals surface area contributed by atoms with Crippen LogP contribution in [0.2, 0.25) is 0 Å². The summed E-state index contributed by atoms with van der Waals surface area (Å²) in [5, 5.41) is 7.57. The number of nitrogens with two attached hydrogens (primary N) is 1. The van der Waals surface area contributed by atoms with Gasteiger partial charge in [0, 0.05) is 18.6 Å². The van der Waals surface area contributed by atoms with Crippen LogP contribution in [-0.4, -0.2) is 15.2 Å². The molecule has 0 fully saturated rings. The van der Waals surface area contributed by atoms with Crippen molar-refractivity contribution in [1.29, 1.82) is 0 Å². The molecule has 3 N–H and O–H groups in total. The molecule has 0 radical (unpaired) electrons. The lowest BCUT2D eigenvalue weighted by Crippen LogP contribution is -2.29. The molecule has 5 heteroatoms. The fourth-order valence-electron chi connectivity index (χ4n) is 1.59. The Labute approximate surface area is 93.7 Å². The smallest absolute Gasteiger partial charge is 0.0741 e. The number of hydrogen-bond donors (Lipinski definition) is 2. The first-order chi connectivity index (χ1) is 7.81. The minimum atomic E-state index is -0.108. The van der Waals surface area contributed by atoms with Crippen molar-refractivity contribution in [2.75, 3.05) is 0 Å². The molecule has 0 aliphatic rings. The number of hydrazine groups is 1. The lowest BCUT2D eigenvalue weighted by atomic mass is 10.0. The number of nitrogens with one attached hydrogen (secondary N) is 1. The Hall–Kier alpha value is -1.85. The van der Waals surface area contributed by atoms with Crippen LogP contribution in [0.5, 0.6) is 0 Å². The topological polar surface area (TPSA) is 76.7 Å². The Balaban J connectivity index is 2.37. The average Bonchev–Trinajstić information content (AvgIpc) is 2.31. The second-order valence-corrected chi connectivity index (χ2v) is 3.57. The molecule has 16 heavy (non-hydrogen) atoms. The van der Waals surface area contributed by atoms with Crippen molar-refractivity contribution in [3.05, 3.63) is 53.6 Å². The Morgan fingerprint density at radius 1 is 1.19 bits per heavy atom. The van der Waals surface area contributed by atoms with E-state index in [4.69, 9.17) is 5.84 Å². The summed E-state index contributed by atoms with van der Waals surface area (Å²) in [5.41, 5.74) is 5.82. The van der Waals surface area contributed by atoms with Gasteiger partial charge in [0.15, 0.2) is 0 Å². The Bertz CT molecular complexity index is 457. The number of pyridine rings is 1. The molecule has 0 aliphatic carbocycles. The third-order valence-electron chi connectivity index (χ3n) is 2.34. The summed E-state index contributed by atoms with van der Waals surface area (Å²) in [6, 6.07) is 3.81. The quantitative estimate of drug-likeness (QED) is 0.583. The van der Waals surface area contributed by atoms with Crippen LogP contribution >= 0.6 is 0 Å². The summed E-state index contributed by atoms with van der Waals surface area (Å²) in [6.45, 7) is 1.99. The summed E-state index contributed by atoms with van der Waals surface area (Å²) in [4.78, 5) is 4.15. The monoisotopic (exact) mass is 215 g/mol. The number of rotatable bonds is 3. The molecule has 0 amide bonds. The van der Waals surface area contributed by atoms with Crippen LogP contribution in [0.15, 0.2) is 36.9 Å². The van der Waals surface area contributed by atoms with Crippen molar-refractivity contribution in [1.82, 2.24) is 20.6 Å². The summed E-state index contributed by atoms with van der Waals surface area (Å²) in [5.74, 6) is 5.56. The second kappa shape index (κ2) is 4.78. The maximum Gasteiger partial charge on any atom is 0.0741 e. The van der Waals surface area contributed by atoms with Gasteiger partial charge in [-0.3, -0.25) is 10.8 Å². The van der Waals surface area contributed by atoms with Crippen LogP contribution in [0.3, 0.4) is 0 Å². The van der Waals surface area contributed by atoms with E-state index >= 15 is 0 Å². The first-order valence-electron chi connectivity index (χ1n) is 4.95. The van der Waals surface area contributed by atoms with Gasteiger partial charge in [0.1, 0.15) is 0 Å². The number of nitrogens with zero attached hydrogens (tertiary/aromatic N) is 3. The molecular formula is C11H13N5. The zero-order valence-corrected chi connectivity index (χ0v) is 8.96. The van der Waals surface area contributed by atoms with Crippen molar-refractivity contribution in [3.8, 4) is 0 Å². The van der Waals surface area contributed by atoms with E-state index < -0.39 is 0 Å². The van der Waals surface area contributed by atoms with Crippen LogP contribution in [-0.2, 0) is 0 Å². The molecule has 2 aromatic heterocycles. The molecule has 1 unspecified atom stereocenters. The third-order valence-corrected chi connectivity index (χ3v) is 2.34. The number of aromatic nitrogens is 3. The van der Waals surface area contributed by atoms with Crippen molar-refractivity contribution in [2.45, 2.75) is 13.0 Å². The van der Waals surface area contributed by atoms with E-state index in [2.05, 4.69) is 20.6 Å². The minimum absolute atomic E-state index is 0.108. The van der Waals surface area contributed by atoms with Gasteiger partial charge in [0.2, 0.25) is 0 Å². The fraction of sp³-hybridized carbons (Fsp3) is 0.182. The molecule has 1 atom stereocenters. The average molecular weight is 215 g/mol. The number of aryl methyl sites for hydroxylation is 1. The van der Waals surface area contributed by atoms with E-state index in [-0.39, 0.29) is 6.04 Å². The molecule has 0 aliphatic heterocycles. The molecule has 2 rings (SSSR count). The highest BCUT2D eigenvalue weighted by molar-refractivity contribution is 5.29. The molecule has 82 valence electrons. The zero-order valence-electron chi connectivity index (χ0n) is 8.96. The normalized spacial score (nSPS) is 12.4. The molecule has 0 aromatic carbocycles. The molecule has 2 heterocycles. The van der Waals surface area contributed by atoms with Crippen molar-refractivity contribution in [2.24, 2.45) is 5.84 Å². The summed E-state index contributed by atoms with van der Waals surface area (Å²) in [7, 11) is 0. The zero-order chi connectivity index (χ0) is 11.4. The van der Waals surface area contributed by atoms with E-state index in [1.807, 2.05) is 25.3 Å². The van der Waals surface area contributed by atoms with Crippen molar-refractivity contribution in [3.63, 3.8) is 0 Å². The van der Waals surface area contributed by atoms with Gasteiger partial charge in [0.05, 0.1) is 12.2 Å². The van der Waals surface area contributed by atoms with Gasteiger partial charge in [-0.2, -0.15) is 10.2 Å². The SMILES string of the molecule is Cc1cncc(C(NN)c2ccnnc2)c1. The largest absolute Gasteiger partial charge is 0.271 e. The van der Waals surface area contributed by atoms with Gasteiger partial charge in [0.25, 0.3) is 0 Å². The first kappa shape index (κ1) is 10.7. The van der Waals surface area contributed by atoms with E-state index in [9.17, 15) is 0 Å². The van der Waals surface area contributed by atoms with Gasteiger partial charge < -0.3 is 0 Å². The van der Waals surface area contributed by atoms with Crippen LogP contribution < -0.4 is 11.3 Å². The predicted octanol–water partition coefficient (Wildman–Crippen LogP) is 0.733.